The predicted octanol–water partition coefficient (Wildman–Crippen LogP) is 3.91. The van der Waals surface area contributed by atoms with E-state index in [9.17, 15) is 0 Å². The fraction of sp³-hybridized carbons (Fsp3) is 0.250. The fourth-order valence-corrected chi connectivity index (χ4v) is 3.17. The zero-order valence-corrected chi connectivity index (χ0v) is 12.4. The van der Waals surface area contributed by atoms with E-state index >= 15 is 0 Å². The molecule has 0 saturated carbocycles. The maximum atomic E-state index is 6.18. The molecule has 6 heteroatoms. The van der Waals surface area contributed by atoms with E-state index in [-0.39, 0.29) is 0 Å². The van der Waals surface area contributed by atoms with Crippen LogP contribution in [0.3, 0.4) is 0 Å². The highest BCUT2D eigenvalue weighted by Crippen LogP contribution is 2.32. The van der Waals surface area contributed by atoms with Gasteiger partial charge in [-0.2, -0.15) is 5.10 Å². The van der Waals surface area contributed by atoms with Crippen molar-refractivity contribution in [2.75, 3.05) is 5.73 Å². The van der Waals surface area contributed by atoms with Crippen LogP contribution in [0.15, 0.2) is 23.1 Å². The van der Waals surface area contributed by atoms with Crippen LogP contribution in [0.4, 0.5) is 5.69 Å². The van der Waals surface area contributed by atoms with E-state index in [0.29, 0.717) is 15.9 Å². The molecule has 1 heterocycles. The number of nitrogens with two attached hydrogens (primary N) is 1. The highest BCUT2D eigenvalue weighted by Gasteiger charge is 2.12. The molecular weight excluding hydrogens is 289 g/mol. The molecule has 2 N–H and O–H groups in total. The van der Waals surface area contributed by atoms with Crippen molar-refractivity contribution in [3.05, 3.63) is 39.6 Å². The van der Waals surface area contributed by atoms with Crippen molar-refractivity contribution in [1.29, 1.82) is 0 Å². The summed E-state index contributed by atoms with van der Waals surface area (Å²) in [4.78, 5) is 0.999. The van der Waals surface area contributed by atoms with E-state index in [4.69, 9.17) is 28.9 Å². The lowest BCUT2D eigenvalue weighted by molar-refractivity contribution is 0.757. The van der Waals surface area contributed by atoms with Gasteiger partial charge in [-0.15, -0.1) is 11.8 Å². The molecule has 0 bridgehead atoms. The van der Waals surface area contributed by atoms with Crippen LogP contribution in [0.25, 0.3) is 0 Å². The van der Waals surface area contributed by atoms with Crippen molar-refractivity contribution < 1.29 is 0 Å². The Morgan fingerprint density at radius 3 is 2.67 bits per heavy atom. The molecule has 2 rings (SSSR count). The van der Waals surface area contributed by atoms with Crippen LogP contribution < -0.4 is 5.73 Å². The third kappa shape index (κ3) is 2.76. The van der Waals surface area contributed by atoms with Crippen LogP contribution in [0.5, 0.6) is 0 Å². The quantitative estimate of drug-likeness (QED) is 0.690. The van der Waals surface area contributed by atoms with Crippen molar-refractivity contribution in [3.8, 4) is 0 Å². The summed E-state index contributed by atoms with van der Waals surface area (Å²) in [6.45, 7) is 1.95. The first-order chi connectivity index (χ1) is 8.49. The number of aryl methyl sites for hydroxylation is 2. The Kier molecular flexibility index (Phi) is 4.10. The molecular formula is C12H13Cl2N3S. The molecule has 0 aliphatic rings. The summed E-state index contributed by atoms with van der Waals surface area (Å²) >= 11 is 13.7. The Labute approximate surface area is 120 Å². The lowest BCUT2D eigenvalue weighted by Crippen LogP contribution is -1.90. The first-order valence-electron chi connectivity index (χ1n) is 5.35. The first-order valence-corrected chi connectivity index (χ1v) is 7.09. The summed E-state index contributed by atoms with van der Waals surface area (Å²) in [5.41, 5.74) is 8.58. The van der Waals surface area contributed by atoms with E-state index in [1.54, 1.807) is 22.5 Å². The van der Waals surface area contributed by atoms with Gasteiger partial charge in [-0.1, -0.05) is 23.2 Å². The molecule has 0 saturated heterocycles. The minimum absolute atomic E-state index is 0.646. The van der Waals surface area contributed by atoms with Gasteiger partial charge in [0.2, 0.25) is 0 Å². The van der Waals surface area contributed by atoms with E-state index in [0.717, 1.165) is 21.9 Å². The normalized spacial score (nSPS) is 10.9. The summed E-state index contributed by atoms with van der Waals surface area (Å²) in [5, 5.41) is 5.60. The second kappa shape index (κ2) is 5.43. The number of thioether (sulfide) groups is 1. The standard InChI is InChI=1S/C12H13Cl2N3S/c1-7-9(12(14)17(2)16-7)6-18-11-4-3-8(13)5-10(11)15/h3-5H,6,15H2,1-2H3. The number of rotatable bonds is 3. The number of anilines is 1. The van der Waals surface area contributed by atoms with Crippen molar-refractivity contribution in [3.63, 3.8) is 0 Å². The zero-order chi connectivity index (χ0) is 13.3. The first kappa shape index (κ1) is 13.6. The minimum atomic E-state index is 0.646. The average Bonchev–Trinajstić information content (AvgIpc) is 2.53. The van der Waals surface area contributed by atoms with Gasteiger partial charge in [-0.25, -0.2) is 0 Å². The van der Waals surface area contributed by atoms with Gasteiger partial charge in [-0.05, 0) is 25.1 Å². The van der Waals surface area contributed by atoms with Crippen LogP contribution in [0.2, 0.25) is 10.2 Å². The van der Waals surface area contributed by atoms with Gasteiger partial charge >= 0.3 is 0 Å². The third-order valence-corrected chi connectivity index (χ3v) is 4.44. The Morgan fingerprint density at radius 2 is 2.11 bits per heavy atom. The molecule has 0 amide bonds. The van der Waals surface area contributed by atoms with Gasteiger partial charge in [0.15, 0.2) is 0 Å². The highest BCUT2D eigenvalue weighted by molar-refractivity contribution is 7.98. The largest absolute Gasteiger partial charge is 0.398 e. The maximum Gasteiger partial charge on any atom is 0.131 e. The third-order valence-electron chi connectivity index (χ3n) is 2.61. The maximum absolute atomic E-state index is 6.18. The summed E-state index contributed by atoms with van der Waals surface area (Å²) < 4.78 is 1.68. The van der Waals surface area contributed by atoms with Gasteiger partial charge in [0.1, 0.15) is 5.15 Å². The van der Waals surface area contributed by atoms with E-state index in [1.807, 2.05) is 26.1 Å². The van der Waals surface area contributed by atoms with Crippen molar-refractivity contribution in [1.82, 2.24) is 9.78 Å². The number of halogens is 2. The fourth-order valence-electron chi connectivity index (χ4n) is 1.64. The summed E-state index contributed by atoms with van der Waals surface area (Å²) in [6, 6.07) is 5.50. The zero-order valence-electron chi connectivity index (χ0n) is 10.1. The molecule has 2 aromatic rings. The van der Waals surface area contributed by atoms with Crippen molar-refractivity contribution in [2.24, 2.45) is 7.05 Å². The molecule has 0 aliphatic heterocycles. The molecule has 96 valence electrons. The number of hydrogen-bond acceptors (Lipinski definition) is 3. The molecule has 18 heavy (non-hydrogen) atoms. The monoisotopic (exact) mass is 301 g/mol. The molecule has 0 fully saturated rings. The Balaban J connectivity index is 2.16. The van der Waals surface area contributed by atoms with Crippen molar-refractivity contribution >= 4 is 40.7 Å². The molecule has 1 aromatic carbocycles. The molecule has 0 atom stereocenters. The lowest BCUT2D eigenvalue weighted by Gasteiger charge is -2.05. The van der Waals surface area contributed by atoms with Crippen LogP contribution in [0, 0.1) is 6.92 Å². The summed E-state index contributed by atoms with van der Waals surface area (Å²) in [6.07, 6.45) is 0. The number of nitrogen functional groups attached to an aromatic ring is 1. The lowest BCUT2D eigenvalue weighted by atomic mass is 10.3. The SMILES string of the molecule is Cc1nn(C)c(Cl)c1CSc1ccc(Cl)cc1N. The molecule has 1 aromatic heterocycles. The average molecular weight is 302 g/mol. The molecule has 3 nitrogen and oxygen atoms in total. The van der Waals surface area contributed by atoms with Gasteiger partial charge in [0.25, 0.3) is 0 Å². The van der Waals surface area contributed by atoms with Gasteiger partial charge in [-0.3, -0.25) is 4.68 Å². The van der Waals surface area contributed by atoms with Crippen LogP contribution in [-0.4, -0.2) is 9.78 Å². The van der Waals surface area contributed by atoms with Gasteiger partial charge < -0.3 is 5.73 Å². The summed E-state index contributed by atoms with van der Waals surface area (Å²) in [5.74, 6) is 0.740. The van der Waals surface area contributed by atoms with Crippen LogP contribution in [-0.2, 0) is 12.8 Å². The second-order valence-corrected chi connectivity index (χ2v) is 5.76. The number of hydrogen-bond donors (Lipinski definition) is 1. The van der Waals surface area contributed by atoms with Gasteiger partial charge in [0.05, 0.1) is 5.69 Å². The second-order valence-electron chi connectivity index (χ2n) is 3.95. The molecule has 0 radical (unpaired) electrons. The highest BCUT2D eigenvalue weighted by atomic mass is 35.5. The smallest absolute Gasteiger partial charge is 0.131 e. The Bertz CT molecular complexity index is 581. The van der Waals surface area contributed by atoms with Crippen molar-refractivity contribution in [2.45, 2.75) is 17.6 Å². The topological polar surface area (TPSA) is 43.8 Å². The van der Waals surface area contributed by atoms with Crippen LogP contribution in [0.1, 0.15) is 11.3 Å². The molecule has 0 spiro atoms. The predicted molar refractivity (Wildman–Crippen MR) is 78.4 cm³/mol. The minimum Gasteiger partial charge on any atom is -0.398 e. The van der Waals surface area contributed by atoms with Crippen LogP contribution >= 0.6 is 35.0 Å². The Morgan fingerprint density at radius 1 is 1.39 bits per heavy atom. The molecule has 0 aliphatic carbocycles. The number of aromatic nitrogens is 2. The molecule has 0 unspecified atom stereocenters. The summed E-state index contributed by atoms with van der Waals surface area (Å²) in [7, 11) is 1.83. The van der Waals surface area contributed by atoms with E-state index in [1.165, 1.54) is 0 Å². The van der Waals surface area contributed by atoms with E-state index in [2.05, 4.69) is 5.10 Å². The van der Waals surface area contributed by atoms with Gasteiger partial charge in [0, 0.05) is 34.0 Å². The number of nitrogens with zero attached hydrogens (tertiary/aromatic N) is 2. The number of benzene rings is 1. The van der Waals surface area contributed by atoms with E-state index < -0.39 is 0 Å². The Hall–Kier alpha value is -0.840.